The van der Waals surface area contributed by atoms with Gasteiger partial charge in [0, 0.05) is 49.7 Å². The van der Waals surface area contributed by atoms with E-state index in [4.69, 9.17) is 21.1 Å². The summed E-state index contributed by atoms with van der Waals surface area (Å²) in [5.41, 5.74) is 5.01. The number of nitrogens with one attached hydrogen (secondary N) is 1. The second-order valence-electron chi connectivity index (χ2n) is 14.8. The van der Waals surface area contributed by atoms with Crippen LogP contribution in [0.2, 0.25) is 5.02 Å². The first kappa shape index (κ1) is 39.9. The molecular weight excluding hydrogens is 747 g/mol. The molecule has 0 unspecified atom stereocenters. The molecule has 3 fully saturated rings. The van der Waals surface area contributed by atoms with Crippen LogP contribution >= 0.6 is 11.6 Å². The minimum atomic E-state index is -5.04. The first-order valence-corrected chi connectivity index (χ1v) is 19.3. The van der Waals surface area contributed by atoms with Crippen molar-refractivity contribution in [1.29, 1.82) is 0 Å². The molecule has 4 aromatic carbocycles. The molecule has 56 heavy (non-hydrogen) atoms. The number of benzene rings is 4. The van der Waals surface area contributed by atoms with Crippen LogP contribution < -0.4 is 5.32 Å². The van der Waals surface area contributed by atoms with E-state index >= 15 is 0 Å². The van der Waals surface area contributed by atoms with E-state index < -0.39 is 35.9 Å². The van der Waals surface area contributed by atoms with Crippen LogP contribution in [0.5, 0.6) is 0 Å². The summed E-state index contributed by atoms with van der Waals surface area (Å²) in [5.74, 6) is -2.61. The largest absolute Gasteiger partial charge is 0.471 e. The molecule has 3 aliphatic rings. The zero-order chi connectivity index (χ0) is 39.5. The molecule has 3 N–H and O–H groups in total. The maximum absolute atomic E-state index is 13.1. The summed E-state index contributed by atoms with van der Waals surface area (Å²) in [5, 5.41) is 24.4. The van der Waals surface area contributed by atoms with Crippen LogP contribution in [-0.2, 0) is 37.8 Å². The topological polar surface area (TPSA) is 112 Å². The lowest BCUT2D eigenvalue weighted by Crippen LogP contribution is -2.50. The van der Waals surface area contributed by atoms with Gasteiger partial charge in [-0.15, -0.1) is 0 Å². The van der Waals surface area contributed by atoms with Gasteiger partial charge in [-0.2, -0.15) is 13.2 Å². The number of carbonyl (C=O) groups excluding carboxylic acids is 2. The van der Waals surface area contributed by atoms with Gasteiger partial charge < -0.3 is 34.8 Å². The van der Waals surface area contributed by atoms with Crippen LogP contribution in [-0.4, -0.2) is 76.3 Å². The molecule has 0 aliphatic carbocycles. The van der Waals surface area contributed by atoms with Gasteiger partial charge in [0.1, 0.15) is 6.04 Å². The first-order chi connectivity index (χ1) is 26.9. The Kier molecular flexibility index (Phi) is 12.2. The van der Waals surface area contributed by atoms with E-state index in [9.17, 15) is 33.0 Å². The Bertz CT molecular complexity index is 1970. The maximum Gasteiger partial charge on any atom is 0.471 e. The average molecular weight is 792 g/mol. The minimum Gasteiger partial charge on any atom is -0.392 e. The molecule has 3 aliphatic heterocycles. The summed E-state index contributed by atoms with van der Waals surface area (Å²) in [6.45, 7) is 1.95. The number of rotatable bonds is 10. The normalized spacial score (nSPS) is 22.9. The molecular formula is C43H45ClF3N3O6. The number of nitrogens with zero attached hydrogens (tertiary/aromatic N) is 2. The minimum absolute atomic E-state index is 0.0541. The van der Waals surface area contributed by atoms with Crippen molar-refractivity contribution in [3.63, 3.8) is 0 Å². The fraction of sp³-hybridized carbons (Fsp3) is 0.395. The van der Waals surface area contributed by atoms with Gasteiger partial charge in [-0.1, -0.05) is 96.5 Å². The van der Waals surface area contributed by atoms with Gasteiger partial charge in [-0.05, 0) is 71.2 Å². The van der Waals surface area contributed by atoms with E-state index in [1.54, 1.807) is 12.1 Å². The molecule has 0 saturated carbocycles. The number of halogens is 4. The molecule has 7 rings (SSSR count). The van der Waals surface area contributed by atoms with E-state index in [0.717, 1.165) is 38.9 Å². The molecule has 9 nitrogen and oxygen atoms in total. The van der Waals surface area contributed by atoms with E-state index in [0.29, 0.717) is 55.2 Å². The summed E-state index contributed by atoms with van der Waals surface area (Å²) in [6, 6.07) is 29.2. The highest BCUT2D eigenvalue weighted by molar-refractivity contribution is 6.30. The average Bonchev–Trinajstić information content (AvgIpc) is 3.71. The highest BCUT2D eigenvalue weighted by atomic mass is 35.5. The highest BCUT2D eigenvalue weighted by Crippen LogP contribution is 2.40. The van der Waals surface area contributed by atoms with Gasteiger partial charge in [-0.25, -0.2) is 0 Å². The van der Waals surface area contributed by atoms with E-state index in [1.165, 1.54) is 0 Å². The number of piperidine rings is 1. The van der Waals surface area contributed by atoms with Crippen LogP contribution in [0, 0.1) is 0 Å². The van der Waals surface area contributed by atoms with Gasteiger partial charge >= 0.3 is 12.1 Å². The van der Waals surface area contributed by atoms with Crippen LogP contribution in [0.25, 0.3) is 11.1 Å². The van der Waals surface area contributed by atoms with Gasteiger partial charge in [0.15, 0.2) is 6.29 Å². The van der Waals surface area contributed by atoms with Crippen LogP contribution in [0.3, 0.4) is 0 Å². The van der Waals surface area contributed by atoms with Gasteiger partial charge in [0.25, 0.3) is 0 Å². The van der Waals surface area contributed by atoms with Crippen molar-refractivity contribution in [1.82, 2.24) is 15.1 Å². The van der Waals surface area contributed by atoms with Crippen molar-refractivity contribution in [2.24, 2.45) is 0 Å². The third-order valence-electron chi connectivity index (χ3n) is 11.2. The summed E-state index contributed by atoms with van der Waals surface area (Å²) in [7, 11) is 0. The molecule has 2 amide bonds. The smallest absolute Gasteiger partial charge is 0.392 e. The molecule has 13 heteroatoms. The Labute approximate surface area is 329 Å². The lowest BCUT2D eigenvalue weighted by Gasteiger charge is -2.42. The van der Waals surface area contributed by atoms with Crippen molar-refractivity contribution >= 4 is 23.4 Å². The third kappa shape index (κ3) is 9.12. The number of amides is 2. The van der Waals surface area contributed by atoms with Crippen LogP contribution in [0.15, 0.2) is 97.1 Å². The molecule has 4 aromatic rings. The Morgan fingerprint density at radius 3 is 2.23 bits per heavy atom. The number of hydrogen-bond donors (Lipinski definition) is 3. The van der Waals surface area contributed by atoms with Crippen molar-refractivity contribution < 1.29 is 42.4 Å². The Morgan fingerprint density at radius 2 is 1.55 bits per heavy atom. The quantitative estimate of drug-likeness (QED) is 0.156. The van der Waals surface area contributed by atoms with Crippen molar-refractivity contribution in [3.05, 3.63) is 130 Å². The van der Waals surface area contributed by atoms with Gasteiger partial charge in [0.2, 0.25) is 5.91 Å². The Morgan fingerprint density at radius 1 is 0.875 bits per heavy atom. The van der Waals surface area contributed by atoms with Crippen LogP contribution in [0.4, 0.5) is 13.2 Å². The lowest BCUT2D eigenvalue weighted by molar-refractivity contribution is -0.253. The van der Waals surface area contributed by atoms with Crippen molar-refractivity contribution in [2.75, 3.05) is 26.2 Å². The van der Waals surface area contributed by atoms with Gasteiger partial charge in [-0.3, -0.25) is 9.59 Å². The molecule has 3 saturated heterocycles. The van der Waals surface area contributed by atoms with E-state index in [1.807, 2.05) is 84.9 Å². The van der Waals surface area contributed by atoms with E-state index in [-0.39, 0.29) is 38.3 Å². The van der Waals surface area contributed by atoms with Gasteiger partial charge in [0.05, 0.1) is 24.4 Å². The Hall–Kier alpha value is -4.30. The lowest BCUT2D eigenvalue weighted by atomic mass is 9.84. The van der Waals surface area contributed by atoms with Crippen molar-refractivity contribution in [2.45, 2.75) is 81.6 Å². The number of alkyl halides is 3. The summed E-state index contributed by atoms with van der Waals surface area (Å²) in [4.78, 5) is 27.9. The molecule has 0 aromatic heterocycles. The number of carbonyl (C=O) groups is 2. The monoisotopic (exact) mass is 791 g/mol. The SMILES string of the molecule is O=C(NCc1ccccc1-c1ccc([C@H]2O[C@@H](CN3CCC(O)(c4ccc(Cl)cc4)CC3)C[C@@H](c3ccc(CO)cc3)O2)cc1)[C@@H]1CCCN1C(=O)C(F)(F)F. The molecule has 0 bridgehead atoms. The first-order valence-electron chi connectivity index (χ1n) is 19.0. The standard InChI is InChI=1S/C43H45ClF3N3O6/c44-34-17-15-33(16-18-34)42(54)19-22-49(23-20-42)26-35-24-38(30-9-7-28(27-51)8-10-30)56-40(55-35)31-13-11-29(12-14-31)36-5-2-1-4-32(36)25-48-39(52)37-6-3-21-50(37)41(53)43(45,46)47/h1-2,4-5,7-18,35,37-38,40,51,54H,3,6,19-27H2,(H,48,52)/t35-,37+,38+,40+/m1/s1. The zero-order valence-corrected chi connectivity index (χ0v) is 31.5. The molecule has 296 valence electrons. The number of aliphatic hydroxyl groups is 2. The van der Waals surface area contributed by atoms with Crippen LogP contribution in [0.1, 0.15) is 72.3 Å². The van der Waals surface area contributed by atoms with Crippen molar-refractivity contribution in [3.8, 4) is 11.1 Å². The molecule has 3 heterocycles. The predicted octanol–water partition coefficient (Wildman–Crippen LogP) is 7.20. The maximum atomic E-state index is 13.1. The third-order valence-corrected chi connectivity index (χ3v) is 11.4. The number of hydrogen-bond acceptors (Lipinski definition) is 7. The summed E-state index contributed by atoms with van der Waals surface area (Å²) >= 11 is 6.09. The number of aliphatic hydroxyl groups excluding tert-OH is 1. The number of likely N-dealkylation sites (tertiary alicyclic amines) is 2. The fourth-order valence-electron chi connectivity index (χ4n) is 8.00. The van der Waals surface area contributed by atoms with E-state index in [2.05, 4.69) is 10.2 Å². The second-order valence-corrected chi connectivity index (χ2v) is 15.3. The fourth-order valence-corrected chi connectivity index (χ4v) is 8.12. The molecule has 0 spiro atoms. The molecule has 0 radical (unpaired) electrons. The Balaban J connectivity index is 1.04. The predicted molar refractivity (Wildman–Crippen MR) is 204 cm³/mol. The zero-order valence-electron chi connectivity index (χ0n) is 30.8. The molecule has 4 atom stereocenters. The second kappa shape index (κ2) is 17.1. The highest BCUT2D eigenvalue weighted by Gasteiger charge is 2.47. The summed E-state index contributed by atoms with van der Waals surface area (Å²) < 4.78 is 52.6. The summed E-state index contributed by atoms with van der Waals surface area (Å²) in [6.07, 6.45) is -3.89. The number of ether oxygens (including phenoxy) is 2.